The Balaban J connectivity index is 2.97. The van der Waals surface area contributed by atoms with Crippen molar-refractivity contribution in [1.29, 1.82) is 0 Å². The summed E-state index contributed by atoms with van der Waals surface area (Å²) in [6.07, 6.45) is 0. The number of aliphatic hydroxyl groups is 1. The molecule has 16 heavy (non-hydrogen) atoms. The normalized spacial score (nSPS) is 11.6. The smallest absolute Gasteiger partial charge is 0.0702 e. The minimum absolute atomic E-state index is 0.0426. The molecule has 0 spiro atoms. The van der Waals surface area contributed by atoms with Crippen molar-refractivity contribution in [2.24, 2.45) is 5.41 Å². The lowest BCUT2D eigenvalue weighted by molar-refractivity contribution is 0.281. The summed E-state index contributed by atoms with van der Waals surface area (Å²) in [5.74, 6) is 0. The molecule has 3 heteroatoms. The lowest BCUT2D eigenvalue weighted by Gasteiger charge is -2.29. The number of halogens is 1. The van der Waals surface area contributed by atoms with Crippen LogP contribution in [0.15, 0.2) is 18.2 Å². The molecule has 0 atom stereocenters. The molecule has 0 saturated carbocycles. The third-order valence-corrected chi connectivity index (χ3v) is 2.58. The summed E-state index contributed by atoms with van der Waals surface area (Å²) in [4.78, 5) is 2.14. The van der Waals surface area contributed by atoms with E-state index in [-0.39, 0.29) is 12.0 Å². The average molecular weight is 242 g/mol. The van der Waals surface area contributed by atoms with Crippen LogP contribution in [0, 0.1) is 5.41 Å². The molecular weight excluding hydrogens is 222 g/mol. The molecule has 0 aliphatic rings. The van der Waals surface area contributed by atoms with Crippen molar-refractivity contribution in [2.45, 2.75) is 27.4 Å². The van der Waals surface area contributed by atoms with E-state index < -0.39 is 0 Å². The van der Waals surface area contributed by atoms with E-state index in [1.807, 2.05) is 25.2 Å². The van der Waals surface area contributed by atoms with Gasteiger partial charge in [-0.3, -0.25) is 0 Å². The van der Waals surface area contributed by atoms with Crippen LogP contribution in [-0.4, -0.2) is 18.7 Å². The number of anilines is 1. The van der Waals surface area contributed by atoms with E-state index in [2.05, 4.69) is 25.7 Å². The van der Waals surface area contributed by atoms with Gasteiger partial charge in [-0.15, -0.1) is 0 Å². The minimum Gasteiger partial charge on any atom is -0.392 e. The van der Waals surface area contributed by atoms with Gasteiger partial charge in [0.2, 0.25) is 0 Å². The van der Waals surface area contributed by atoms with E-state index >= 15 is 0 Å². The second-order valence-electron chi connectivity index (χ2n) is 5.35. The van der Waals surface area contributed by atoms with Crippen LogP contribution in [0.5, 0.6) is 0 Å². The third kappa shape index (κ3) is 3.69. The van der Waals surface area contributed by atoms with E-state index in [0.29, 0.717) is 5.02 Å². The van der Waals surface area contributed by atoms with E-state index in [0.717, 1.165) is 17.8 Å². The van der Waals surface area contributed by atoms with Crippen molar-refractivity contribution in [2.75, 3.05) is 18.5 Å². The largest absolute Gasteiger partial charge is 0.392 e. The van der Waals surface area contributed by atoms with Gasteiger partial charge in [0.25, 0.3) is 0 Å². The Bertz CT molecular complexity index is 357. The minimum atomic E-state index is 0.0426. The van der Waals surface area contributed by atoms with Gasteiger partial charge >= 0.3 is 0 Å². The fourth-order valence-corrected chi connectivity index (χ4v) is 1.99. The Labute approximate surface area is 103 Å². The number of rotatable bonds is 3. The highest BCUT2D eigenvalue weighted by atomic mass is 35.5. The Morgan fingerprint density at radius 3 is 2.44 bits per heavy atom. The Hall–Kier alpha value is -0.730. The lowest BCUT2D eigenvalue weighted by atomic mass is 9.96. The summed E-state index contributed by atoms with van der Waals surface area (Å²) < 4.78 is 0. The molecule has 90 valence electrons. The van der Waals surface area contributed by atoms with Gasteiger partial charge in [-0.05, 0) is 17.5 Å². The summed E-state index contributed by atoms with van der Waals surface area (Å²) >= 11 is 5.98. The summed E-state index contributed by atoms with van der Waals surface area (Å²) in [5.41, 5.74) is 2.13. The maximum atomic E-state index is 9.29. The quantitative estimate of drug-likeness (QED) is 0.878. The molecule has 0 unspecified atom stereocenters. The molecule has 1 aromatic carbocycles. The number of hydrogen-bond donors (Lipinski definition) is 1. The summed E-state index contributed by atoms with van der Waals surface area (Å²) in [6.45, 7) is 7.52. The van der Waals surface area contributed by atoms with Crippen LogP contribution in [0.25, 0.3) is 0 Å². The van der Waals surface area contributed by atoms with Gasteiger partial charge in [-0.25, -0.2) is 0 Å². The standard InChI is InChI=1S/C13H20ClNO/c1-13(2,3)9-15(4)12-7-11(14)6-5-10(12)8-16/h5-7,16H,8-9H2,1-4H3. The van der Waals surface area contributed by atoms with E-state index in [1.165, 1.54) is 0 Å². The number of benzene rings is 1. The third-order valence-electron chi connectivity index (χ3n) is 2.34. The first-order chi connectivity index (χ1) is 7.33. The van der Waals surface area contributed by atoms with Gasteiger partial charge in [-0.2, -0.15) is 0 Å². The van der Waals surface area contributed by atoms with Crippen LogP contribution in [0.4, 0.5) is 5.69 Å². The van der Waals surface area contributed by atoms with Crippen LogP contribution >= 0.6 is 11.6 Å². The summed E-state index contributed by atoms with van der Waals surface area (Å²) in [6, 6.07) is 5.58. The number of hydrogen-bond acceptors (Lipinski definition) is 2. The molecule has 0 bridgehead atoms. The maximum Gasteiger partial charge on any atom is 0.0702 e. The van der Waals surface area contributed by atoms with Crippen molar-refractivity contribution in [3.8, 4) is 0 Å². The molecule has 0 aliphatic carbocycles. The highest BCUT2D eigenvalue weighted by molar-refractivity contribution is 6.30. The lowest BCUT2D eigenvalue weighted by Crippen LogP contribution is -2.29. The molecule has 0 aliphatic heterocycles. The number of nitrogens with zero attached hydrogens (tertiary/aromatic N) is 1. The average Bonchev–Trinajstić information content (AvgIpc) is 2.15. The van der Waals surface area contributed by atoms with Crippen molar-refractivity contribution in [1.82, 2.24) is 0 Å². The maximum absolute atomic E-state index is 9.29. The van der Waals surface area contributed by atoms with Crippen LogP contribution in [0.3, 0.4) is 0 Å². The van der Waals surface area contributed by atoms with E-state index in [1.54, 1.807) is 0 Å². The van der Waals surface area contributed by atoms with E-state index in [4.69, 9.17) is 11.6 Å². The predicted octanol–water partition coefficient (Wildman–Crippen LogP) is 3.31. The molecule has 0 aromatic heterocycles. The SMILES string of the molecule is CN(CC(C)(C)C)c1cc(Cl)ccc1CO. The van der Waals surface area contributed by atoms with Crippen LogP contribution < -0.4 is 4.90 Å². The second kappa shape index (κ2) is 5.07. The Kier molecular flexibility index (Phi) is 4.22. The first kappa shape index (κ1) is 13.3. The Morgan fingerprint density at radius 2 is 1.94 bits per heavy atom. The number of aliphatic hydroxyl groups excluding tert-OH is 1. The molecular formula is C13H20ClNO. The van der Waals surface area contributed by atoms with Gasteiger partial charge in [-0.1, -0.05) is 38.4 Å². The molecule has 0 fully saturated rings. The molecule has 1 N–H and O–H groups in total. The molecule has 1 rings (SSSR count). The van der Waals surface area contributed by atoms with Gasteiger partial charge in [0, 0.05) is 29.9 Å². The van der Waals surface area contributed by atoms with Crippen molar-refractivity contribution >= 4 is 17.3 Å². The first-order valence-corrected chi connectivity index (χ1v) is 5.82. The van der Waals surface area contributed by atoms with Crippen LogP contribution in [0.2, 0.25) is 5.02 Å². The van der Waals surface area contributed by atoms with Crippen molar-refractivity contribution in [3.05, 3.63) is 28.8 Å². The molecule has 0 amide bonds. The fraction of sp³-hybridized carbons (Fsp3) is 0.538. The molecule has 0 heterocycles. The molecule has 2 nitrogen and oxygen atoms in total. The predicted molar refractivity (Wildman–Crippen MR) is 70.1 cm³/mol. The monoisotopic (exact) mass is 241 g/mol. The highest BCUT2D eigenvalue weighted by Crippen LogP contribution is 2.26. The van der Waals surface area contributed by atoms with Crippen molar-refractivity contribution in [3.63, 3.8) is 0 Å². The highest BCUT2D eigenvalue weighted by Gasteiger charge is 2.16. The Morgan fingerprint density at radius 1 is 1.31 bits per heavy atom. The zero-order chi connectivity index (χ0) is 12.3. The zero-order valence-corrected chi connectivity index (χ0v) is 11.2. The second-order valence-corrected chi connectivity index (χ2v) is 5.78. The summed E-state index contributed by atoms with van der Waals surface area (Å²) in [7, 11) is 2.02. The molecule has 1 aromatic rings. The van der Waals surface area contributed by atoms with Crippen LogP contribution in [-0.2, 0) is 6.61 Å². The fourth-order valence-electron chi connectivity index (χ4n) is 1.82. The molecule has 0 radical (unpaired) electrons. The topological polar surface area (TPSA) is 23.5 Å². The zero-order valence-electron chi connectivity index (χ0n) is 10.4. The van der Waals surface area contributed by atoms with Gasteiger partial charge in [0.15, 0.2) is 0 Å². The van der Waals surface area contributed by atoms with Crippen LogP contribution in [0.1, 0.15) is 26.3 Å². The van der Waals surface area contributed by atoms with Crippen molar-refractivity contribution < 1.29 is 5.11 Å². The first-order valence-electron chi connectivity index (χ1n) is 5.44. The van der Waals surface area contributed by atoms with Gasteiger partial charge in [0.05, 0.1) is 6.61 Å². The van der Waals surface area contributed by atoms with E-state index in [9.17, 15) is 5.11 Å². The summed E-state index contributed by atoms with van der Waals surface area (Å²) in [5, 5.41) is 9.99. The van der Waals surface area contributed by atoms with Gasteiger partial charge in [0.1, 0.15) is 0 Å². The van der Waals surface area contributed by atoms with Gasteiger partial charge < -0.3 is 10.0 Å². The molecule has 0 saturated heterocycles.